The molecule has 1 unspecified atom stereocenters. The van der Waals surface area contributed by atoms with Crippen molar-refractivity contribution < 1.29 is 24.5 Å². The van der Waals surface area contributed by atoms with Gasteiger partial charge in [-0.15, -0.1) is 0 Å². The molecule has 0 amide bonds. The van der Waals surface area contributed by atoms with E-state index in [1.54, 1.807) is 0 Å². The van der Waals surface area contributed by atoms with Gasteiger partial charge in [-0.25, -0.2) is 0 Å². The Morgan fingerprint density at radius 1 is 1.24 bits per heavy atom. The number of ether oxygens (including phenoxy) is 2. The molecule has 0 aromatic heterocycles. The van der Waals surface area contributed by atoms with E-state index in [-0.39, 0.29) is 19.1 Å². The maximum absolute atomic E-state index is 10.6. The molecule has 0 radical (unpaired) electrons. The van der Waals surface area contributed by atoms with E-state index in [1.807, 2.05) is 30.3 Å². The molecule has 2 heterocycles. The lowest BCUT2D eigenvalue weighted by Gasteiger charge is -2.25. The van der Waals surface area contributed by atoms with Crippen LogP contribution in [0.2, 0.25) is 0 Å². The van der Waals surface area contributed by atoms with Gasteiger partial charge in [0.1, 0.15) is 18.5 Å². The van der Waals surface area contributed by atoms with Crippen molar-refractivity contribution in [2.45, 2.75) is 56.8 Å². The van der Waals surface area contributed by atoms with Crippen LogP contribution in [0.1, 0.15) is 38.5 Å². The van der Waals surface area contributed by atoms with Gasteiger partial charge < -0.3 is 19.7 Å². The van der Waals surface area contributed by atoms with Crippen LogP contribution in [0.25, 0.3) is 0 Å². The van der Waals surface area contributed by atoms with Crippen LogP contribution in [0.5, 0.6) is 5.75 Å². The van der Waals surface area contributed by atoms with Crippen LogP contribution in [0.15, 0.2) is 48.6 Å². The Hall–Kier alpha value is -1.38. The molecule has 5 atom stereocenters. The summed E-state index contributed by atoms with van der Waals surface area (Å²) in [6, 6.07) is 7.76. The maximum Gasteiger partial charge on any atom is 0.303 e. The van der Waals surface area contributed by atoms with Crippen molar-refractivity contribution in [2.24, 2.45) is 11.8 Å². The summed E-state index contributed by atoms with van der Waals surface area (Å²) in [6.45, 7) is 0.229. The lowest BCUT2D eigenvalue weighted by atomic mass is 9.77. The number of aliphatic hydroxyl groups excluding tert-OH is 1. The molecule has 1 aromatic rings. The van der Waals surface area contributed by atoms with E-state index in [2.05, 4.69) is 40.8 Å². The van der Waals surface area contributed by atoms with Crippen molar-refractivity contribution in [3.05, 3.63) is 52.1 Å². The normalized spacial score (nSPS) is 27.1. The molecular formula is C23H29IO5. The molecule has 2 N–H and O–H groups in total. The average molecular weight is 512 g/mol. The van der Waals surface area contributed by atoms with E-state index < -0.39 is 12.1 Å². The third-order valence-electron chi connectivity index (χ3n) is 5.61. The highest BCUT2D eigenvalue weighted by Gasteiger charge is 2.46. The number of hydrogen-bond acceptors (Lipinski definition) is 4. The summed E-state index contributed by atoms with van der Waals surface area (Å²) < 4.78 is 12.9. The summed E-state index contributed by atoms with van der Waals surface area (Å²) in [7, 11) is 0. The SMILES string of the molecule is O=C(O)CCCC=CC[C@@H]1[C@@H](C=CC(O)COc2ccc(I)cc2)[C@H]2CC[C@@H]1O2. The second-order valence-electron chi connectivity index (χ2n) is 7.74. The van der Waals surface area contributed by atoms with Gasteiger partial charge in [0.25, 0.3) is 0 Å². The first-order chi connectivity index (χ1) is 14.0. The summed E-state index contributed by atoms with van der Waals surface area (Å²) in [5.74, 6) is 0.747. The molecule has 158 valence electrons. The van der Waals surface area contributed by atoms with Gasteiger partial charge in [0.15, 0.2) is 0 Å². The molecule has 2 fully saturated rings. The predicted octanol–water partition coefficient (Wildman–Crippen LogP) is 4.58. The Morgan fingerprint density at radius 2 is 2.00 bits per heavy atom. The summed E-state index contributed by atoms with van der Waals surface area (Å²) in [6.07, 6.45) is 12.9. The van der Waals surface area contributed by atoms with Crippen LogP contribution in [0.3, 0.4) is 0 Å². The zero-order valence-electron chi connectivity index (χ0n) is 16.5. The molecule has 0 spiro atoms. The highest BCUT2D eigenvalue weighted by atomic mass is 127. The largest absolute Gasteiger partial charge is 0.491 e. The first-order valence-electron chi connectivity index (χ1n) is 10.3. The van der Waals surface area contributed by atoms with Crippen molar-refractivity contribution in [3.63, 3.8) is 0 Å². The fourth-order valence-corrected chi connectivity index (χ4v) is 4.51. The minimum Gasteiger partial charge on any atom is -0.491 e. The van der Waals surface area contributed by atoms with Crippen LogP contribution in [0, 0.1) is 15.4 Å². The molecule has 6 heteroatoms. The van der Waals surface area contributed by atoms with E-state index >= 15 is 0 Å². The van der Waals surface area contributed by atoms with Gasteiger partial charge in [-0.1, -0.05) is 24.3 Å². The number of aliphatic carboxylic acids is 1. The van der Waals surface area contributed by atoms with E-state index in [1.165, 1.54) is 0 Å². The predicted molar refractivity (Wildman–Crippen MR) is 120 cm³/mol. The van der Waals surface area contributed by atoms with Gasteiger partial charge in [-0.05, 0) is 84.9 Å². The van der Waals surface area contributed by atoms with Gasteiger partial charge in [-0.2, -0.15) is 0 Å². The number of hydrogen-bond donors (Lipinski definition) is 2. The Balaban J connectivity index is 1.46. The van der Waals surface area contributed by atoms with E-state index in [4.69, 9.17) is 14.6 Å². The molecule has 2 saturated heterocycles. The van der Waals surface area contributed by atoms with Gasteiger partial charge >= 0.3 is 5.97 Å². The molecule has 0 saturated carbocycles. The second-order valence-corrected chi connectivity index (χ2v) is 8.99. The topological polar surface area (TPSA) is 76.0 Å². The monoisotopic (exact) mass is 512 g/mol. The number of benzene rings is 1. The first-order valence-corrected chi connectivity index (χ1v) is 11.4. The molecular weight excluding hydrogens is 483 g/mol. The number of allylic oxidation sites excluding steroid dienone is 2. The first kappa shape index (κ1) is 22.3. The van der Waals surface area contributed by atoms with Crippen molar-refractivity contribution in [2.75, 3.05) is 6.61 Å². The number of carboxylic acid groups (broad SMARTS) is 1. The van der Waals surface area contributed by atoms with E-state index in [0.29, 0.717) is 24.4 Å². The minimum atomic E-state index is -0.741. The fraction of sp³-hybridized carbons (Fsp3) is 0.522. The fourth-order valence-electron chi connectivity index (χ4n) is 4.15. The lowest BCUT2D eigenvalue weighted by molar-refractivity contribution is -0.137. The van der Waals surface area contributed by atoms with Crippen molar-refractivity contribution in [1.82, 2.24) is 0 Å². The van der Waals surface area contributed by atoms with Gasteiger partial charge in [-0.3, -0.25) is 4.79 Å². The molecule has 3 rings (SSSR count). The second kappa shape index (κ2) is 11.1. The number of halogens is 1. The van der Waals surface area contributed by atoms with Crippen LogP contribution < -0.4 is 4.74 Å². The smallest absolute Gasteiger partial charge is 0.303 e. The van der Waals surface area contributed by atoms with Crippen LogP contribution in [0.4, 0.5) is 0 Å². The Kier molecular flexibility index (Phi) is 8.56. The van der Waals surface area contributed by atoms with Crippen molar-refractivity contribution in [1.29, 1.82) is 0 Å². The number of fused-ring (bicyclic) bond motifs is 2. The zero-order chi connectivity index (χ0) is 20.6. The summed E-state index contributed by atoms with van der Waals surface area (Å²) in [5.41, 5.74) is 0. The minimum absolute atomic E-state index is 0.217. The van der Waals surface area contributed by atoms with Gasteiger partial charge in [0.05, 0.1) is 12.2 Å². The maximum atomic E-state index is 10.6. The lowest BCUT2D eigenvalue weighted by Crippen LogP contribution is -2.26. The van der Waals surface area contributed by atoms with Crippen LogP contribution >= 0.6 is 22.6 Å². The Labute approximate surface area is 185 Å². The third-order valence-corrected chi connectivity index (χ3v) is 6.33. The van der Waals surface area contributed by atoms with Crippen molar-refractivity contribution >= 4 is 28.6 Å². The number of carbonyl (C=O) groups is 1. The highest BCUT2D eigenvalue weighted by Crippen LogP contribution is 2.45. The summed E-state index contributed by atoms with van der Waals surface area (Å²) in [5, 5.41) is 19.0. The summed E-state index contributed by atoms with van der Waals surface area (Å²) in [4.78, 5) is 10.6. The average Bonchev–Trinajstić information content (AvgIpc) is 3.30. The van der Waals surface area contributed by atoms with Crippen molar-refractivity contribution in [3.8, 4) is 5.75 Å². The molecule has 0 aliphatic carbocycles. The number of carboxylic acids is 1. The molecule has 2 aliphatic rings. The number of aliphatic hydroxyl groups is 1. The molecule has 1 aromatic carbocycles. The van der Waals surface area contributed by atoms with E-state index in [9.17, 15) is 9.90 Å². The Bertz CT molecular complexity index is 714. The number of rotatable bonds is 11. The van der Waals surface area contributed by atoms with Gasteiger partial charge in [0, 0.05) is 15.9 Å². The quantitative estimate of drug-likeness (QED) is 0.258. The standard InChI is InChI=1S/C23H29IO5/c24-16-7-10-18(11-8-16)28-15-17(25)9-12-20-19(21-13-14-22(20)29-21)5-3-1-2-4-6-23(26)27/h1,3,7-12,17,19-22,25H,2,4-6,13-15H2,(H,26,27)/t17?,19-,20-,21+,22-/m1/s1. The Morgan fingerprint density at radius 3 is 2.76 bits per heavy atom. The van der Waals surface area contributed by atoms with E-state index in [0.717, 1.165) is 35.0 Å². The van der Waals surface area contributed by atoms with Gasteiger partial charge in [0.2, 0.25) is 0 Å². The van der Waals surface area contributed by atoms with Crippen LogP contribution in [-0.2, 0) is 9.53 Å². The third kappa shape index (κ3) is 6.83. The molecule has 2 aliphatic heterocycles. The van der Waals surface area contributed by atoms with Crippen LogP contribution in [-0.4, -0.2) is 41.1 Å². The number of unbranched alkanes of at least 4 members (excludes halogenated alkanes) is 1. The molecule has 5 nitrogen and oxygen atoms in total. The summed E-state index contributed by atoms with van der Waals surface area (Å²) >= 11 is 2.25. The molecule has 2 bridgehead atoms. The highest BCUT2D eigenvalue weighted by molar-refractivity contribution is 14.1. The molecule has 29 heavy (non-hydrogen) atoms. The zero-order valence-corrected chi connectivity index (χ0v) is 18.6.